The van der Waals surface area contributed by atoms with Crippen LogP contribution in [0.1, 0.15) is 12.5 Å². The predicted molar refractivity (Wildman–Crippen MR) is 81.9 cm³/mol. The van der Waals surface area contributed by atoms with Crippen LogP contribution in [0.4, 0.5) is 0 Å². The van der Waals surface area contributed by atoms with Crippen molar-refractivity contribution in [3.63, 3.8) is 0 Å². The summed E-state index contributed by atoms with van der Waals surface area (Å²) in [5.41, 5.74) is 0.111. The SMILES string of the molecule is C=CCNC(C)(Cc1ccc(OC)c(OC)c1)C(=O)OC. The van der Waals surface area contributed by atoms with Crippen LogP contribution < -0.4 is 14.8 Å². The Morgan fingerprint density at radius 2 is 1.95 bits per heavy atom. The quantitative estimate of drug-likeness (QED) is 0.586. The highest BCUT2D eigenvalue weighted by molar-refractivity contribution is 5.80. The van der Waals surface area contributed by atoms with E-state index >= 15 is 0 Å². The van der Waals surface area contributed by atoms with Crippen molar-refractivity contribution in [3.8, 4) is 11.5 Å². The van der Waals surface area contributed by atoms with Gasteiger partial charge in [0.1, 0.15) is 5.54 Å². The molecule has 0 aliphatic carbocycles. The van der Waals surface area contributed by atoms with Gasteiger partial charge in [0.2, 0.25) is 0 Å². The summed E-state index contributed by atoms with van der Waals surface area (Å²) in [6.07, 6.45) is 2.17. The van der Waals surface area contributed by atoms with Crippen LogP contribution in [-0.2, 0) is 16.0 Å². The summed E-state index contributed by atoms with van der Waals surface area (Å²) in [5, 5.41) is 3.15. The van der Waals surface area contributed by atoms with E-state index in [-0.39, 0.29) is 5.97 Å². The molecule has 5 heteroatoms. The number of rotatable bonds is 8. The smallest absolute Gasteiger partial charge is 0.326 e. The number of esters is 1. The van der Waals surface area contributed by atoms with Gasteiger partial charge in [-0.1, -0.05) is 12.1 Å². The molecule has 1 atom stereocenters. The highest BCUT2D eigenvalue weighted by Gasteiger charge is 2.33. The van der Waals surface area contributed by atoms with E-state index in [2.05, 4.69) is 11.9 Å². The summed E-state index contributed by atoms with van der Waals surface area (Å²) in [6.45, 7) is 5.97. The largest absolute Gasteiger partial charge is 0.493 e. The van der Waals surface area contributed by atoms with Gasteiger partial charge in [0, 0.05) is 13.0 Å². The Bertz CT molecular complexity index is 501. The average Bonchev–Trinajstić information content (AvgIpc) is 2.51. The second-order valence-corrected chi connectivity index (χ2v) is 4.86. The molecule has 5 nitrogen and oxygen atoms in total. The predicted octanol–water partition coefficient (Wildman–Crippen LogP) is 1.95. The van der Waals surface area contributed by atoms with Gasteiger partial charge in [-0.25, -0.2) is 0 Å². The lowest BCUT2D eigenvalue weighted by Gasteiger charge is -2.28. The maximum Gasteiger partial charge on any atom is 0.326 e. The molecule has 0 saturated carbocycles. The van der Waals surface area contributed by atoms with Crippen LogP contribution in [0.25, 0.3) is 0 Å². The van der Waals surface area contributed by atoms with E-state index in [0.29, 0.717) is 24.5 Å². The van der Waals surface area contributed by atoms with Crippen molar-refractivity contribution in [1.29, 1.82) is 0 Å². The first-order valence-corrected chi connectivity index (χ1v) is 6.66. The number of nitrogens with one attached hydrogen (secondary N) is 1. The molecule has 1 aromatic rings. The third kappa shape index (κ3) is 4.23. The molecule has 1 rings (SSSR count). The fourth-order valence-corrected chi connectivity index (χ4v) is 2.13. The second kappa shape index (κ2) is 7.69. The topological polar surface area (TPSA) is 56.8 Å². The molecule has 0 aliphatic heterocycles. The van der Waals surface area contributed by atoms with Crippen LogP contribution in [0, 0.1) is 0 Å². The normalized spacial score (nSPS) is 13.1. The number of ether oxygens (including phenoxy) is 3. The van der Waals surface area contributed by atoms with Crippen molar-refractivity contribution in [3.05, 3.63) is 36.4 Å². The Hall–Kier alpha value is -2.01. The number of benzene rings is 1. The van der Waals surface area contributed by atoms with E-state index in [1.54, 1.807) is 27.2 Å². The first-order chi connectivity index (χ1) is 10.0. The molecule has 1 aromatic carbocycles. The zero-order valence-corrected chi connectivity index (χ0v) is 13.1. The molecule has 0 saturated heterocycles. The zero-order valence-electron chi connectivity index (χ0n) is 13.1. The minimum Gasteiger partial charge on any atom is -0.493 e. The molecule has 0 spiro atoms. The van der Waals surface area contributed by atoms with Crippen LogP contribution in [-0.4, -0.2) is 39.4 Å². The molecule has 116 valence electrons. The standard InChI is InChI=1S/C16H23NO4/c1-6-9-17-16(2,15(18)21-5)11-12-7-8-13(19-3)14(10-12)20-4/h6-8,10,17H,1,9,11H2,2-5H3. The molecule has 1 unspecified atom stereocenters. The molecule has 0 bridgehead atoms. The average molecular weight is 293 g/mol. The maximum absolute atomic E-state index is 12.0. The van der Waals surface area contributed by atoms with Gasteiger partial charge in [0.05, 0.1) is 21.3 Å². The number of carbonyl (C=O) groups is 1. The Labute approximate surface area is 125 Å². The molecule has 1 N–H and O–H groups in total. The number of methoxy groups -OCH3 is 3. The summed E-state index contributed by atoms with van der Waals surface area (Å²) in [4.78, 5) is 12.0. The van der Waals surface area contributed by atoms with Crippen molar-refractivity contribution in [2.24, 2.45) is 0 Å². The van der Waals surface area contributed by atoms with Crippen molar-refractivity contribution < 1.29 is 19.0 Å². The Morgan fingerprint density at radius 3 is 2.48 bits per heavy atom. The first-order valence-electron chi connectivity index (χ1n) is 6.66. The lowest BCUT2D eigenvalue weighted by molar-refractivity contribution is -0.147. The van der Waals surface area contributed by atoms with Crippen LogP contribution >= 0.6 is 0 Å². The van der Waals surface area contributed by atoms with Gasteiger partial charge in [-0.15, -0.1) is 6.58 Å². The Balaban J connectivity index is 3.03. The Morgan fingerprint density at radius 1 is 1.29 bits per heavy atom. The van der Waals surface area contributed by atoms with E-state index in [0.717, 1.165) is 5.56 Å². The number of hydrogen-bond donors (Lipinski definition) is 1. The van der Waals surface area contributed by atoms with Crippen molar-refractivity contribution in [2.45, 2.75) is 18.9 Å². The molecular formula is C16H23NO4. The molecule has 0 radical (unpaired) electrons. The fourth-order valence-electron chi connectivity index (χ4n) is 2.13. The van der Waals surface area contributed by atoms with E-state index in [4.69, 9.17) is 14.2 Å². The monoisotopic (exact) mass is 293 g/mol. The third-order valence-corrected chi connectivity index (χ3v) is 3.28. The lowest BCUT2D eigenvalue weighted by Crippen LogP contribution is -2.52. The molecular weight excluding hydrogens is 270 g/mol. The van der Waals surface area contributed by atoms with Crippen molar-refractivity contribution >= 4 is 5.97 Å². The van der Waals surface area contributed by atoms with Crippen LogP contribution in [0.15, 0.2) is 30.9 Å². The molecule has 0 amide bonds. The van der Waals surface area contributed by atoms with E-state index in [1.165, 1.54) is 7.11 Å². The molecule has 0 heterocycles. The first kappa shape index (κ1) is 17.0. The molecule has 21 heavy (non-hydrogen) atoms. The highest BCUT2D eigenvalue weighted by Crippen LogP contribution is 2.29. The van der Waals surface area contributed by atoms with E-state index in [9.17, 15) is 4.79 Å². The zero-order chi connectivity index (χ0) is 15.9. The van der Waals surface area contributed by atoms with Crippen LogP contribution in [0.2, 0.25) is 0 Å². The number of hydrogen-bond acceptors (Lipinski definition) is 5. The van der Waals surface area contributed by atoms with E-state index < -0.39 is 5.54 Å². The summed E-state index contributed by atoms with van der Waals surface area (Å²) in [5.74, 6) is 0.963. The minimum absolute atomic E-state index is 0.320. The van der Waals surface area contributed by atoms with Gasteiger partial charge in [0.25, 0.3) is 0 Å². The summed E-state index contributed by atoms with van der Waals surface area (Å²) in [7, 11) is 4.55. The van der Waals surface area contributed by atoms with Gasteiger partial charge in [0.15, 0.2) is 11.5 Å². The molecule has 0 aliphatic rings. The Kier molecular flexibility index (Phi) is 6.24. The van der Waals surface area contributed by atoms with E-state index in [1.807, 2.05) is 18.2 Å². The number of carbonyl (C=O) groups excluding carboxylic acids is 1. The molecule has 0 fully saturated rings. The summed E-state index contributed by atoms with van der Waals surface area (Å²) in [6, 6.07) is 5.58. The maximum atomic E-state index is 12.0. The van der Waals surface area contributed by atoms with Gasteiger partial charge in [-0.2, -0.15) is 0 Å². The fraction of sp³-hybridized carbons (Fsp3) is 0.438. The van der Waals surface area contributed by atoms with Crippen LogP contribution in [0.5, 0.6) is 11.5 Å². The van der Waals surface area contributed by atoms with Crippen molar-refractivity contribution in [1.82, 2.24) is 5.32 Å². The third-order valence-electron chi connectivity index (χ3n) is 3.28. The second-order valence-electron chi connectivity index (χ2n) is 4.86. The molecule has 0 aromatic heterocycles. The minimum atomic E-state index is -0.831. The van der Waals surface area contributed by atoms with Gasteiger partial charge >= 0.3 is 5.97 Å². The summed E-state index contributed by atoms with van der Waals surface area (Å²) < 4.78 is 15.4. The van der Waals surface area contributed by atoms with Gasteiger partial charge in [-0.05, 0) is 24.6 Å². The van der Waals surface area contributed by atoms with Crippen molar-refractivity contribution in [2.75, 3.05) is 27.9 Å². The van der Waals surface area contributed by atoms with Crippen LogP contribution in [0.3, 0.4) is 0 Å². The lowest BCUT2D eigenvalue weighted by atomic mass is 9.92. The van der Waals surface area contributed by atoms with Gasteiger partial charge < -0.3 is 14.2 Å². The van der Waals surface area contributed by atoms with Gasteiger partial charge in [-0.3, -0.25) is 10.1 Å². The summed E-state index contributed by atoms with van der Waals surface area (Å²) >= 11 is 0. The highest BCUT2D eigenvalue weighted by atomic mass is 16.5.